The summed E-state index contributed by atoms with van der Waals surface area (Å²) in [4.78, 5) is 27.9. The number of aliphatic hydroxyl groups excluding tert-OH is 1. The second-order valence-corrected chi connectivity index (χ2v) is 9.66. The third-order valence-electron chi connectivity index (χ3n) is 5.69. The van der Waals surface area contributed by atoms with Crippen LogP contribution in [0.15, 0.2) is 82.8 Å². The van der Waals surface area contributed by atoms with E-state index in [4.69, 9.17) is 4.74 Å². The Morgan fingerprint density at radius 1 is 1.03 bits per heavy atom. The molecule has 34 heavy (non-hydrogen) atoms. The second-order valence-electron chi connectivity index (χ2n) is 8.74. The fraction of sp³-hybridized carbons (Fsp3) is 0.214. The first-order valence-electron chi connectivity index (χ1n) is 11.1. The number of hydrogen-bond acceptors (Lipinski definition) is 4. The number of ether oxygens (including phenoxy) is 1. The molecule has 0 spiro atoms. The molecule has 1 aliphatic rings. The quantitative estimate of drug-likeness (QED) is 0.232. The van der Waals surface area contributed by atoms with E-state index in [1.54, 1.807) is 30.3 Å². The summed E-state index contributed by atoms with van der Waals surface area (Å²) in [5.74, 6) is -0.489. The highest BCUT2D eigenvalue weighted by Crippen LogP contribution is 2.42. The number of rotatable bonds is 6. The van der Waals surface area contributed by atoms with Crippen molar-refractivity contribution in [2.24, 2.45) is 5.92 Å². The summed E-state index contributed by atoms with van der Waals surface area (Å²) in [6.45, 7) is 6.62. The van der Waals surface area contributed by atoms with Gasteiger partial charge in [-0.3, -0.25) is 14.5 Å². The Bertz CT molecular complexity index is 1250. The zero-order chi connectivity index (χ0) is 24.4. The van der Waals surface area contributed by atoms with Gasteiger partial charge in [-0.15, -0.1) is 0 Å². The lowest BCUT2D eigenvalue weighted by Gasteiger charge is -2.25. The molecule has 0 bridgehead atoms. The number of carbonyl (C=O) groups is 2. The normalized spacial score (nSPS) is 17.4. The number of Topliss-reactive ketones (excluding diaryl/α,β-unsaturated/α-hetero) is 1. The predicted molar refractivity (Wildman–Crippen MR) is 137 cm³/mol. The number of anilines is 1. The molecule has 1 atom stereocenters. The molecule has 3 aromatic rings. The average molecular weight is 520 g/mol. The van der Waals surface area contributed by atoms with Crippen LogP contribution >= 0.6 is 15.9 Å². The number of aryl methyl sites for hydroxylation is 1. The Hall–Kier alpha value is -3.38. The maximum Gasteiger partial charge on any atom is 0.300 e. The Labute approximate surface area is 207 Å². The smallest absolute Gasteiger partial charge is 0.300 e. The van der Waals surface area contributed by atoms with E-state index in [0.29, 0.717) is 23.8 Å². The lowest BCUT2D eigenvalue weighted by atomic mass is 9.94. The molecule has 6 heteroatoms. The second kappa shape index (κ2) is 9.85. The van der Waals surface area contributed by atoms with Gasteiger partial charge < -0.3 is 9.84 Å². The molecule has 174 valence electrons. The van der Waals surface area contributed by atoms with Crippen LogP contribution < -0.4 is 9.64 Å². The molecule has 0 aliphatic carbocycles. The number of amides is 1. The average Bonchev–Trinajstić information content (AvgIpc) is 3.09. The Morgan fingerprint density at radius 2 is 1.71 bits per heavy atom. The molecule has 4 rings (SSSR count). The van der Waals surface area contributed by atoms with Crippen molar-refractivity contribution in [1.29, 1.82) is 0 Å². The molecule has 1 heterocycles. The van der Waals surface area contributed by atoms with Gasteiger partial charge in [-0.05, 0) is 66.4 Å². The first-order valence-corrected chi connectivity index (χ1v) is 11.9. The summed E-state index contributed by atoms with van der Waals surface area (Å²) in [6.07, 6.45) is 0. The molecule has 1 fully saturated rings. The first kappa shape index (κ1) is 23.8. The van der Waals surface area contributed by atoms with Crippen molar-refractivity contribution < 1.29 is 19.4 Å². The van der Waals surface area contributed by atoms with E-state index >= 15 is 0 Å². The molecule has 0 aromatic heterocycles. The van der Waals surface area contributed by atoms with Gasteiger partial charge in [0, 0.05) is 15.7 Å². The van der Waals surface area contributed by atoms with Gasteiger partial charge in [0.15, 0.2) is 0 Å². The van der Waals surface area contributed by atoms with Gasteiger partial charge in [0.25, 0.3) is 11.7 Å². The van der Waals surface area contributed by atoms with Crippen LogP contribution in [0, 0.1) is 12.8 Å². The van der Waals surface area contributed by atoms with Crippen LogP contribution in [-0.2, 0) is 9.59 Å². The minimum atomic E-state index is -0.757. The number of para-hydroxylation sites is 1. The van der Waals surface area contributed by atoms with Crippen molar-refractivity contribution in [3.63, 3.8) is 0 Å². The number of aliphatic hydroxyl groups is 1. The van der Waals surface area contributed by atoms with E-state index in [1.165, 1.54) is 4.90 Å². The molecule has 3 aromatic carbocycles. The fourth-order valence-corrected chi connectivity index (χ4v) is 4.28. The van der Waals surface area contributed by atoms with Crippen molar-refractivity contribution in [2.75, 3.05) is 11.5 Å². The first-order chi connectivity index (χ1) is 16.3. The summed E-state index contributed by atoms with van der Waals surface area (Å²) >= 11 is 3.43. The zero-order valence-electron chi connectivity index (χ0n) is 19.3. The van der Waals surface area contributed by atoms with Crippen LogP contribution in [-0.4, -0.2) is 23.4 Å². The molecule has 1 amide bonds. The van der Waals surface area contributed by atoms with Crippen LogP contribution in [0.3, 0.4) is 0 Å². The third kappa shape index (κ3) is 4.64. The van der Waals surface area contributed by atoms with Gasteiger partial charge in [0.1, 0.15) is 11.5 Å². The highest BCUT2D eigenvalue weighted by Gasteiger charge is 2.46. The van der Waals surface area contributed by atoms with Gasteiger partial charge >= 0.3 is 0 Å². The molecule has 1 N–H and O–H groups in total. The van der Waals surface area contributed by atoms with Crippen molar-refractivity contribution in [3.8, 4) is 5.75 Å². The lowest BCUT2D eigenvalue weighted by molar-refractivity contribution is -0.132. The predicted octanol–water partition coefficient (Wildman–Crippen LogP) is 6.42. The topological polar surface area (TPSA) is 66.8 Å². The van der Waals surface area contributed by atoms with Crippen LogP contribution in [0.5, 0.6) is 5.75 Å². The van der Waals surface area contributed by atoms with Crippen molar-refractivity contribution in [3.05, 3.63) is 99.5 Å². The highest BCUT2D eigenvalue weighted by molar-refractivity contribution is 9.10. The number of carbonyl (C=O) groups excluding carboxylic acids is 2. The SMILES string of the molecule is Cc1cc(/C(O)=C2/C(=O)C(=O)N(c3ccccc3)C2c2ccc(Br)cc2)ccc1OCC(C)C. The molecule has 1 unspecified atom stereocenters. The van der Waals surface area contributed by atoms with E-state index < -0.39 is 17.7 Å². The van der Waals surface area contributed by atoms with Gasteiger partial charge in [0.05, 0.1) is 18.2 Å². The van der Waals surface area contributed by atoms with E-state index in [9.17, 15) is 14.7 Å². The molecular weight excluding hydrogens is 494 g/mol. The molecule has 1 aliphatic heterocycles. The van der Waals surface area contributed by atoms with E-state index in [0.717, 1.165) is 21.3 Å². The number of halogens is 1. The van der Waals surface area contributed by atoms with Crippen molar-refractivity contribution in [1.82, 2.24) is 0 Å². The summed E-state index contributed by atoms with van der Waals surface area (Å²) in [5.41, 5.74) is 2.67. The summed E-state index contributed by atoms with van der Waals surface area (Å²) < 4.78 is 6.72. The molecule has 5 nitrogen and oxygen atoms in total. The van der Waals surface area contributed by atoms with Crippen LogP contribution in [0.25, 0.3) is 5.76 Å². The lowest BCUT2D eigenvalue weighted by Crippen LogP contribution is -2.29. The minimum Gasteiger partial charge on any atom is -0.507 e. The standard InChI is InChI=1S/C28H26BrNO4/c1-17(2)16-34-23-14-11-20(15-18(23)3)26(31)24-25(19-9-12-21(29)13-10-19)30(28(33)27(24)32)22-7-5-4-6-8-22/h4-15,17,25,31H,16H2,1-3H3/b26-24-. The van der Waals surface area contributed by atoms with Crippen molar-refractivity contribution in [2.45, 2.75) is 26.8 Å². The van der Waals surface area contributed by atoms with Crippen molar-refractivity contribution >= 4 is 39.1 Å². The summed E-state index contributed by atoms with van der Waals surface area (Å²) in [7, 11) is 0. The Balaban J connectivity index is 1.84. The van der Waals surface area contributed by atoms with E-state index in [1.807, 2.05) is 49.4 Å². The van der Waals surface area contributed by atoms with Crippen LogP contribution in [0.1, 0.15) is 36.6 Å². The Morgan fingerprint density at radius 3 is 2.32 bits per heavy atom. The molecule has 1 saturated heterocycles. The highest BCUT2D eigenvalue weighted by atomic mass is 79.9. The summed E-state index contributed by atoms with van der Waals surface area (Å²) in [5, 5.41) is 11.3. The van der Waals surface area contributed by atoms with Gasteiger partial charge in [0.2, 0.25) is 0 Å². The minimum absolute atomic E-state index is 0.0615. The zero-order valence-corrected chi connectivity index (χ0v) is 20.9. The molecule has 0 saturated carbocycles. The van der Waals surface area contributed by atoms with Gasteiger partial charge in [-0.1, -0.05) is 60.1 Å². The van der Waals surface area contributed by atoms with Crippen LogP contribution in [0.2, 0.25) is 0 Å². The fourth-order valence-electron chi connectivity index (χ4n) is 4.02. The third-order valence-corrected chi connectivity index (χ3v) is 6.21. The number of benzene rings is 3. The van der Waals surface area contributed by atoms with Gasteiger partial charge in [-0.25, -0.2) is 0 Å². The van der Waals surface area contributed by atoms with Gasteiger partial charge in [-0.2, -0.15) is 0 Å². The summed E-state index contributed by atoms with van der Waals surface area (Å²) in [6, 6.07) is 20.9. The van der Waals surface area contributed by atoms with E-state index in [-0.39, 0.29) is 11.3 Å². The van der Waals surface area contributed by atoms with E-state index in [2.05, 4.69) is 29.8 Å². The number of ketones is 1. The monoisotopic (exact) mass is 519 g/mol. The molecule has 0 radical (unpaired) electrons. The number of nitrogens with zero attached hydrogens (tertiary/aromatic N) is 1. The maximum absolute atomic E-state index is 13.2. The Kier molecular flexibility index (Phi) is 6.89. The van der Waals surface area contributed by atoms with Crippen LogP contribution in [0.4, 0.5) is 5.69 Å². The molecular formula is C28H26BrNO4. The maximum atomic E-state index is 13.2. The largest absolute Gasteiger partial charge is 0.507 e. The number of hydrogen-bond donors (Lipinski definition) is 1.